The minimum Gasteiger partial charge on any atom is -0.348 e. The predicted molar refractivity (Wildman–Crippen MR) is 83.3 cm³/mol. The van der Waals surface area contributed by atoms with E-state index in [1.807, 2.05) is 35.2 Å². The van der Waals surface area contributed by atoms with Crippen molar-refractivity contribution in [3.8, 4) is 0 Å². The third-order valence-electron chi connectivity index (χ3n) is 5.05. The van der Waals surface area contributed by atoms with E-state index in [4.69, 9.17) is 4.74 Å². The van der Waals surface area contributed by atoms with Crippen LogP contribution in [-0.4, -0.2) is 24.0 Å². The Morgan fingerprint density at radius 2 is 1.91 bits per heavy atom. The van der Waals surface area contributed by atoms with Gasteiger partial charge in [-0.15, -0.1) is 0 Å². The lowest BCUT2D eigenvalue weighted by molar-refractivity contribution is -0.0758. The molecule has 1 saturated heterocycles. The first-order valence-corrected chi connectivity index (χ1v) is 7.65. The molecule has 1 fully saturated rings. The molecule has 108 valence electrons. The molecule has 0 spiro atoms. The smallest absolute Gasteiger partial charge is 0.256 e. The van der Waals surface area contributed by atoms with Gasteiger partial charge in [0.1, 0.15) is 0 Å². The van der Waals surface area contributed by atoms with Gasteiger partial charge >= 0.3 is 0 Å². The second-order valence-corrected chi connectivity index (χ2v) is 6.01. The molecule has 22 heavy (non-hydrogen) atoms. The number of fused-ring (bicyclic) bond motifs is 4. The summed E-state index contributed by atoms with van der Waals surface area (Å²) in [7, 11) is 0. The van der Waals surface area contributed by atoms with Gasteiger partial charge in [0.25, 0.3) is 5.91 Å². The average Bonchev–Trinajstić information content (AvgIpc) is 3.23. The van der Waals surface area contributed by atoms with Crippen LogP contribution in [-0.2, 0) is 10.5 Å². The maximum Gasteiger partial charge on any atom is 0.256 e. The Hall–Kier alpha value is -2.39. The van der Waals surface area contributed by atoms with Gasteiger partial charge in [-0.25, -0.2) is 0 Å². The zero-order valence-electron chi connectivity index (χ0n) is 12.0. The fraction of sp³-hybridized carbons (Fsp3) is 0.211. The van der Waals surface area contributed by atoms with Crippen LogP contribution in [0.2, 0.25) is 0 Å². The molecule has 2 aromatic rings. The van der Waals surface area contributed by atoms with Crippen molar-refractivity contribution in [3.63, 3.8) is 0 Å². The van der Waals surface area contributed by atoms with Gasteiger partial charge in [0, 0.05) is 17.7 Å². The van der Waals surface area contributed by atoms with Crippen LogP contribution in [0.25, 0.3) is 6.08 Å². The second kappa shape index (κ2) is 4.08. The number of benzene rings is 2. The molecule has 2 aromatic carbocycles. The van der Waals surface area contributed by atoms with Gasteiger partial charge in [0.2, 0.25) is 0 Å². The molecule has 3 heteroatoms. The summed E-state index contributed by atoms with van der Waals surface area (Å²) >= 11 is 0. The van der Waals surface area contributed by atoms with Gasteiger partial charge in [-0.2, -0.15) is 0 Å². The maximum absolute atomic E-state index is 12.8. The molecule has 1 amide bonds. The molecule has 3 nitrogen and oxygen atoms in total. The predicted octanol–water partition coefficient (Wildman–Crippen LogP) is 3.14. The van der Waals surface area contributed by atoms with E-state index >= 15 is 0 Å². The van der Waals surface area contributed by atoms with E-state index in [0.717, 1.165) is 11.1 Å². The van der Waals surface area contributed by atoms with Crippen LogP contribution in [0.1, 0.15) is 33.0 Å². The SMILES string of the molecule is O=C1c2ccccc2C2(C3C=Cc4ccccc43)OCCN12. The first kappa shape index (κ1) is 12.2. The number of carbonyl (C=O) groups excluding carboxylic acids is 1. The number of ether oxygens (including phenoxy) is 1. The molecular formula is C19H15NO2. The van der Waals surface area contributed by atoms with E-state index in [-0.39, 0.29) is 11.8 Å². The number of rotatable bonds is 1. The van der Waals surface area contributed by atoms with Gasteiger partial charge < -0.3 is 9.64 Å². The number of carbonyl (C=O) groups is 1. The number of nitrogens with zero attached hydrogens (tertiary/aromatic N) is 1. The van der Waals surface area contributed by atoms with Crippen molar-refractivity contribution in [1.82, 2.24) is 4.90 Å². The van der Waals surface area contributed by atoms with Crippen LogP contribution < -0.4 is 0 Å². The third kappa shape index (κ3) is 1.28. The second-order valence-electron chi connectivity index (χ2n) is 6.01. The Morgan fingerprint density at radius 1 is 1.09 bits per heavy atom. The highest BCUT2D eigenvalue weighted by Crippen LogP contribution is 2.54. The lowest BCUT2D eigenvalue weighted by Crippen LogP contribution is -2.43. The molecule has 1 aliphatic carbocycles. The van der Waals surface area contributed by atoms with Gasteiger partial charge in [-0.3, -0.25) is 4.79 Å². The molecule has 2 heterocycles. The molecule has 3 aliphatic rings. The van der Waals surface area contributed by atoms with Crippen molar-refractivity contribution in [1.29, 1.82) is 0 Å². The van der Waals surface area contributed by atoms with Crippen LogP contribution in [0.15, 0.2) is 54.6 Å². The summed E-state index contributed by atoms with van der Waals surface area (Å²) in [5.41, 5.74) is 3.56. The number of amides is 1. The van der Waals surface area contributed by atoms with Crippen LogP contribution in [0.4, 0.5) is 0 Å². The van der Waals surface area contributed by atoms with E-state index in [0.29, 0.717) is 13.2 Å². The zero-order chi connectivity index (χ0) is 14.7. The summed E-state index contributed by atoms with van der Waals surface area (Å²) < 4.78 is 6.26. The monoisotopic (exact) mass is 289 g/mol. The molecular weight excluding hydrogens is 274 g/mol. The van der Waals surface area contributed by atoms with Gasteiger partial charge in [0.05, 0.1) is 12.5 Å². The van der Waals surface area contributed by atoms with Crippen molar-refractivity contribution >= 4 is 12.0 Å². The summed E-state index contributed by atoms with van der Waals surface area (Å²) in [5, 5.41) is 0. The van der Waals surface area contributed by atoms with Crippen LogP contribution in [0.5, 0.6) is 0 Å². The molecule has 0 aromatic heterocycles. The Balaban J connectivity index is 1.77. The Bertz CT molecular complexity index is 826. The molecule has 2 atom stereocenters. The Morgan fingerprint density at radius 3 is 2.86 bits per heavy atom. The molecule has 0 N–H and O–H groups in total. The lowest BCUT2D eigenvalue weighted by Gasteiger charge is -2.36. The normalized spacial score (nSPS) is 27.9. The Kier molecular flexibility index (Phi) is 2.26. The van der Waals surface area contributed by atoms with Crippen molar-refractivity contribution in [2.45, 2.75) is 11.6 Å². The summed E-state index contributed by atoms with van der Waals surface area (Å²) in [6.07, 6.45) is 4.32. The summed E-state index contributed by atoms with van der Waals surface area (Å²) in [5.74, 6) is 0.143. The van der Waals surface area contributed by atoms with Crippen molar-refractivity contribution in [3.05, 3.63) is 76.9 Å². The van der Waals surface area contributed by atoms with Gasteiger partial charge in [0.15, 0.2) is 5.72 Å². The van der Waals surface area contributed by atoms with Crippen LogP contribution >= 0.6 is 0 Å². The van der Waals surface area contributed by atoms with Crippen molar-refractivity contribution in [2.75, 3.05) is 13.2 Å². The third-order valence-corrected chi connectivity index (χ3v) is 5.05. The minimum absolute atomic E-state index is 0.0544. The first-order valence-electron chi connectivity index (χ1n) is 7.65. The van der Waals surface area contributed by atoms with Gasteiger partial charge in [-0.1, -0.05) is 54.6 Å². The zero-order valence-corrected chi connectivity index (χ0v) is 12.0. The fourth-order valence-corrected chi connectivity index (χ4v) is 4.16. The van der Waals surface area contributed by atoms with Crippen molar-refractivity contribution in [2.24, 2.45) is 0 Å². The van der Waals surface area contributed by atoms with Crippen LogP contribution in [0.3, 0.4) is 0 Å². The molecule has 0 saturated carbocycles. The van der Waals surface area contributed by atoms with Crippen LogP contribution in [0, 0.1) is 0 Å². The maximum atomic E-state index is 12.8. The van der Waals surface area contributed by atoms with E-state index < -0.39 is 5.72 Å². The molecule has 2 aliphatic heterocycles. The molecule has 2 unspecified atom stereocenters. The quantitative estimate of drug-likeness (QED) is 0.807. The topological polar surface area (TPSA) is 29.5 Å². The highest BCUT2D eigenvalue weighted by Gasteiger charge is 2.58. The van der Waals surface area contributed by atoms with Crippen molar-refractivity contribution < 1.29 is 9.53 Å². The first-order chi connectivity index (χ1) is 10.8. The Labute approximate surface area is 128 Å². The minimum atomic E-state index is -0.670. The van der Waals surface area contributed by atoms with E-state index in [2.05, 4.69) is 30.4 Å². The molecule has 0 bridgehead atoms. The number of hydrogen-bond donors (Lipinski definition) is 0. The summed E-state index contributed by atoms with van der Waals surface area (Å²) in [4.78, 5) is 14.7. The standard InChI is InChI=1S/C19H15NO2/c21-18-15-7-3-4-8-16(15)19(20(18)11-12-22-19)17-10-9-13-5-1-2-6-14(13)17/h1-10,17H,11-12H2. The van der Waals surface area contributed by atoms with E-state index in [1.54, 1.807) is 0 Å². The summed E-state index contributed by atoms with van der Waals surface area (Å²) in [6, 6.07) is 16.2. The van der Waals surface area contributed by atoms with E-state index in [9.17, 15) is 4.79 Å². The largest absolute Gasteiger partial charge is 0.348 e. The van der Waals surface area contributed by atoms with E-state index in [1.165, 1.54) is 11.1 Å². The van der Waals surface area contributed by atoms with Gasteiger partial charge in [-0.05, 0) is 17.2 Å². The average molecular weight is 289 g/mol. The highest BCUT2D eigenvalue weighted by atomic mass is 16.5. The lowest BCUT2D eigenvalue weighted by atomic mass is 9.85. The molecule has 5 rings (SSSR count). The highest BCUT2D eigenvalue weighted by molar-refractivity contribution is 6.00. The summed E-state index contributed by atoms with van der Waals surface area (Å²) in [6.45, 7) is 1.24. The fourth-order valence-electron chi connectivity index (χ4n) is 4.16. The number of hydrogen-bond acceptors (Lipinski definition) is 2. The molecule has 0 radical (unpaired) electrons.